The number of morpholine rings is 1. The molecule has 2 heterocycles. The van der Waals surface area contributed by atoms with Crippen LogP contribution in [-0.2, 0) is 21.3 Å². The molecule has 1 aromatic heterocycles. The number of hydrogen-bond donors (Lipinski definition) is 0. The second-order valence-electron chi connectivity index (χ2n) is 6.44. The van der Waals surface area contributed by atoms with Gasteiger partial charge >= 0.3 is 0 Å². The third-order valence-corrected chi connectivity index (χ3v) is 7.34. The zero-order valence-corrected chi connectivity index (χ0v) is 17.9. The van der Waals surface area contributed by atoms with E-state index in [1.54, 1.807) is 28.4 Å². The zero-order valence-electron chi connectivity index (χ0n) is 16.2. The van der Waals surface area contributed by atoms with Crippen LogP contribution in [-0.4, -0.2) is 63.5 Å². The number of ether oxygens (including phenoxy) is 2. The highest BCUT2D eigenvalue weighted by Crippen LogP contribution is 2.29. The third-order valence-electron chi connectivity index (χ3n) is 4.56. The van der Waals surface area contributed by atoms with Crippen molar-refractivity contribution < 1.29 is 22.7 Å². The summed E-state index contributed by atoms with van der Waals surface area (Å²) >= 11 is 1.56. The second-order valence-corrected chi connectivity index (χ2v) is 9.37. The van der Waals surface area contributed by atoms with E-state index in [9.17, 15) is 13.2 Å². The quantitative estimate of drug-likeness (QED) is 0.595. The van der Waals surface area contributed by atoms with Crippen molar-refractivity contribution in [3.63, 3.8) is 0 Å². The van der Waals surface area contributed by atoms with Crippen LogP contribution in [0.15, 0.2) is 53.3 Å². The van der Waals surface area contributed by atoms with Crippen molar-refractivity contribution in [2.24, 2.45) is 0 Å². The highest BCUT2D eigenvalue weighted by molar-refractivity contribution is 7.89. The van der Waals surface area contributed by atoms with Gasteiger partial charge in [0.05, 0.1) is 26.9 Å². The first-order chi connectivity index (χ1) is 14.0. The molecule has 0 aliphatic carbocycles. The number of benzene rings is 1. The van der Waals surface area contributed by atoms with E-state index in [-0.39, 0.29) is 35.2 Å². The average Bonchev–Trinajstić information content (AvgIpc) is 3.26. The van der Waals surface area contributed by atoms with E-state index in [1.165, 1.54) is 23.5 Å². The molecule has 1 aliphatic heterocycles. The first-order valence-electron chi connectivity index (χ1n) is 9.16. The normalized spacial score (nSPS) is 15.1. The van der Waals surface area contributed by atoms with Crippen LogP contribution in [0.25, 0.3) is 0 Å². The number of nitrogens with zero attached hydrogens (tertiary/aromatic N) is 2. The van der Waals surface area contributed by atoms with E-state index in [0.717, 1.165) is 4.88 Å². The Morgan fingerprint density at radius 3 is 2.72 bits per heavy atom. The maximum absolute atomic E-state index is 13.1. The van der Waals surface area contributed by atoms with Gasteiger partial charge in [0.2, 0.25) is 10.0 Å². The van der Waals surface area contributed by atoms with Crippen molar-refractivity contribution in [2.75, 3.05) is 40.0 Å². The molecule has 156 valence electrons. The number of carbonyl (C=O) groups is 1. The van der Waals surface area contributed by atoms with Gasteiger partial charge in [-0.15, -0.1) is 17.9 Å². The molecule has 0 saturated carbocycles. The lowest BCUT2D eigenvalue weighted by Crippen LogP contribution is -2.40. The Labute approximate surface area is 175 Å². The van der Waals surface area contributed by atoms with Crippen molar-refractivity contribution in [3.8, 4) is 5.75 Å². The summed E-state index contributed by atoms with van der Waals surface area (Å²) in [5, 5.41) is 1.95. The molecule has 0 bridgehead atoms. The number of hydrogen-bond acceptors (Lipinski definition) is 6. The summed E-state index contributed by atoms with van der Waals surface area (Å²) in [5.41, 5.74) is 0.288. The van der Waals surface area contributed by atoms with Crippen LogP contribution in [0, 0.1) is 0 Å². The van der Waals surface area contributed by atoms with Crippen molar-refractivity contribution in [1.82, 2.24) is 9.21 Å². The van der Waals surface area contributed by atoms with E-state index in [0.29, 0.717) is 26.3 Å². The van der Waals surface area contributed by atoms with Gasteiger partial charge in [0, 0.05) is 30.1 Å². The molecule has 2 aromatic rings. The minimum atomic E-state index is -3.81. The fourth-order valence-electron chi connectivity index (χ4n) is 3.09. The SMILES string of the molecule is C=CCN(Cc1cccs1)C(=O)c1ccc(OC)c(S(=O)(=O)N2CCOCC2)c1. The number of amides is 1. The maximum Gasteiger partial charge on any atom is 0.254 e. The molecule has 0 N–H and O–H groups in total. The van der Waals surface area contributed by atoms with Gasteiger partial charge in [0.25, 0.3) is 5.91 Å². The first kappa shape index (κ1) is 21.5. The predicted octanol–water partition coefficient (Wildman–Crippen LogP) is 2.61. The topological polar surface area (TPSA) is 76.2 Å². The summed E-state index contributed by atoms with van der Waals surface area (Å²) in [5.74, 6) is -0.0547. The standard InChI is InChI=1S/C20H24N2O5S2/c1-3-8-21(15-17-5-4-13-28-17)20(23)16-6-7-18(26-2)19(14-16)29(24,25)22-9-11-27-12-10-22/h3-7,13-14H,1,8-12,15H2,2H3. The van der Waals surface area contributed by atoms with E-state index in [4.69, 9.17) is 9.47 Å². The first-order valence-corrected chi connectivity index (χ1v) is 11.5. The molecular weight excluding hydrogens is 412 g/mol. The molecule has 9 heteroatoms. The lowest BCUT2D eigenvalue weighted by molar-refractivity contribution is 0.0729. The van der Waals surface area contributed by atoms with Gasteiger partial charge < -0.3 is 14.4 Å². The highest BCUT2D eigenvalue weighted by atomic mass is 32.2. The molecule has 0 radical (unpaired) electrons. The minimum absolute atomic E-state index is 0.0116. The summed E-state index contributed by atoms with van der Waals surface area (Å²) in [6.45, 7) is 5.73. The second kappa shape index (κ2) is 9.53. The van der Waals surface area contributed by atoms with Crippen LogP contribution in [0.4, 0.5) is 0 Å². The molecule has 0 atom stereocenters. The Hall–Kier alpha value is -2.20. The molecule has 0 unspecified atom stereocenters. The van der Waals surface area contributed by atoms with Crippen LogP contribution in [0.5, 0.6) is 5.75 Å². The number of methoxy groups -OCH3 is 1. The van der Waals surface area contributed by atoms with Gasteiger partial charge in [-0.2, -0.15) is 4.31 Å². The Balaban J connectivity index is 1.94. The van der Waals surface area contributed by atoms with Gasteiger partial charge in [0.15, 0.2) is 0 Å². The summed E-state index contributed by atoms with van der Waals surface area (Å²) in [6.07, 6.45) is 1.65. The molecular formula is C20H24N2O5S2. The largest absolute Gasteiger partial charge is 0.495 e. The van der Waals surface area contributed by atoms with Crippen LogP contribution in [0.3, 0.4) is 0 Å². The van der Waals surface area contributed by atoms with Crippen molar-refractivity contribution in [3.05, 3.63) is 58.8 Å². The summed E-state index contributed by atoms with van der Waals surface area (Å²) in [4.78, 5) is 15.8. The molecule has 1 aromatic carbocycles. The average molecular weight is 437 g/mol. The highest BCUT2D eigenvalue weighted by Gasteiger charge is 2.30. The fourth-order valence-corrected chi connectivity index (χ4v) is 5.39. The van der Waals surface area contributed by atoms with Crippen LogP contribution < -0.4 is 4.74 Å². The van der Waals surface area contributed by atoms with Crippen LogP contribution >= 0.6 is 11.3 Å². The van der Waals surface area contributed by atoms with Gasteiger partial charge in [0.1, 0.15) is 10.6 Å². The molecule has 0 spiro atoms. The monoisotopic (exact) mass is 436 g/mol. The number of thiophene rings is 1. The fraction of sp³-hybridized carbons (Fsp3) is 0.350. The van der Waals surface area contributed by atoms with Gasteiger partial charge in [-0.25, -0.2) is 8.42 Å². The summed E-state index contributed by atoms with van der Waals surface area (Å²) < 4.78 is 38.2. The number of sulfonamides is 1. The number of rotatable bonds is 8. The molecule has 1 aliphatic rings. The van der Waals surface area contributed by atoms with Gasteiger partial charge in [-0.3, -0.25) is 4.79 Å². The third kappa shape index (κ3) is 4.87. The van der Waals surface area contributed by atoms with Gasteiger partial charge in [-0.05, 0) is 29.6 Å². The van der Waals surface area contributed by atoms with Gasteiger partial charge in [-0.1, -0.05) is 12.1 Å². The Kier molecular flexibility index (Phi) is 7.07. The zero-order chi connectivity index (χ0) is 20.9. The lowest BCUT2D eigenvalue weighted by Gasteiger charge is -2.27. The van der Waals surface area contributed by atoms with Crippen molar-refractivity contribution in [2.45, 2.75) is 11.4 Å². The van der Waals surface area contributed by atoms with E-state index in [1.807, 2.05) is 17.5 Å². The molecule has 3 rings (SSSR count). The maximum atomic E-state index is 13.1. The molecule has 1 fully saturated rings. The minimum Gasteiger partial charge on any atom is -0.495 e. The molecule has 1 amide bonds. The number of carbonyl (C=O) groups excluding carboxylic acids is 1. The molecule has 7 nitrogen and oxygen atoms in total. The smallest absolute Gasteiger partial charge is 0.254 e. The Morgan fingerprint density at radius 1 is 1.34 bits per heavy atom. The van der Waals surface area contributed by atoms with Crippen molar-refractivity contribution >= 4 is 27.3 Å². The summed E-state index contributed by atoms with van der Waals surface area (Å²) in [6, 6.07) is 8.39. The van der Waals surface area contributed by atoms with Crippen LogP contribution in [0.1, 0.15) is 15.2 Å². The predicted molar refractivity (Wildman–Crippen MR) is 112 cm³/mol. The van der Waals surface area contributed by atoms with E-state index >= 15 is 0 Å². The molecule has 1 saturated heterocycles. The Morgan fingerprint density at radius 2 is 2.10 bits per heavy atom. The van der Waals surface area contributed by atoms with Crippen molar-refractivity contribution in [1.29, 1.82) is 0 Å². The summed E-state index contributed by atoms with van der Waals surface area (Å²) in [7, 11) is -2.40. The lowest BCUT2D eigenvalue weighted by atomic mass is 10.2. The van der Waals surface area contributed by atoms with E-state index in [2.05, 4.69) is 6.58 Å². The molecule has 29 heavy (non-hydrogen) atoms. The van der Waals surface area contributed by atoms with Crippen LogP contribution in [0.2, 0.25) is 0 Å². The Bertz CT molecular complexity index is 951. The van der Waals surface area contributed by atoms with E-state index < -0.39 is 10.0 Å².